The van der Waals surface area contributed by atoms with Gasteiger partial charge in [0.1, 0.15) is 29.9 Å². The number of aliphatic hydroxyl groups excluding tert-OH is 2. The zero-order valence-corrected chi connectivity index (χ0v) is 39.8. The Morgan fingerprint density at radius 3 is 2.31 bits per heavy atom. The molecule has 6 atom stereocenters. The third-order valence-corrected chi connectivity index (χ3v) is 14.3. The molecule has 1 saturated carbocycles. The van der Waals surface area contributed by atoms with E-state index in [1.165, 1.54) is 0 Å². The van der Waals surface area contributed by atoms with Crippen LogP contribution in [0.4, 0.5) is 0 Å². The van der Waals surface area contributed by atoms with E-state index in [0.29, 0.717) is 53.5 Å². The van der Waals surface area contributed by atoms with E-state index in [9.17, 15) is 15.5 Å². The fourth-order valence-electron chi connectivity index (χ4n) is 11.1. The molecule has 0 aromatic heterocycles. The summed E-state index contributed by atoms with van der Waals surface area (Å²) in [5.41, 5.74) is 6.66. The summed E-state index contributed by atoms with van der Waals surface area (Å²) in [7, 11) is 0. The number of unbranched alkanes of at least 4 members (excludes halogenated alkanes) is 2. The van der Waals surface area contributed by atoms with Crippen LogP contribution in [0.1, 0.15) is 84.8 Å². The molecule has 2 aliphatic carbocycles. The van der Waals surface area contributed by atoms with Crippen LogP contribution in [-0.4, -0.2) is 65.0 Å². The van der Waals surface area contributed by atoms with Gasteiger partial charge in [-0.2, -0.15) is 5.26 Å². The van der Waals surface area contributed by atoms with Gasteiger partial charge >= 0.3 is 0 Å². The highest BCUT2D eigenvalue weighted by atomic mass is 16.7. The molecular weight excluding hydrogens is 875 g/mol. The maximum absolute atomic E-state index is 15.6. The van der Waals surface area contributed by atoms with E-state index >= 15 is 4.79 Å². The lowest BCUT2D eigenvalue weighted by atomic mass is 9.55. The van der Waals surface area contributed by atoms with Crippen molar-refractivity contribution in [2.45, 2.75) is 76.2 Å². The monoisotopic (exact) mass is 935 g/mol. The number of benzene rings is 6. The van der Waals surface area contributed by atoms with Crippen molar-refractivity contribution < 1.29 is 34.1 Å². The standard InChI is InChI=1S/C60H61N3O7/c1-3-35-67-60-56(63(59(66)45-25-23-41(39-61)24-26-45)40-47-20-14-19-44-17-8-9-21-50(44)47)38-54(62-68-4-2)52-36-46(18-10-12-33-64)51(22-11-13-34-65)57(58(52)60)53-37-49(31-32-55(53)70-60)69-48-29-27-43(28-30-48)42-15-6-5-7-16-42/h3,5-9,14-17,19-21,23-32,36-37,46,51,56-58,64-65H,1,4,10-13,18,22,33-35,38,40H2,2H3/t46-,51+,56-,57+,58+,60+/m0/s1. The van der Waals surface area contributed by atoms with E-state index in [2.05, 4.69) is 73.3 Å². The van der Waals surface area contributed by atoms with E-state index in [1.807, 2.05) is 72.5 Å². The maximum Gasteiger partial charge on any atom is 0.254 e. The number of hydrogen-bond donors (Lipinski definition) is 2. The predicted molar refractivity (Wildman–Crippen MR) is 274 cm³/mol. The quantitative estimate of drug-likeness (QED) is 0.0439. The van der Waals surface area contributed by atoms with Crippen LogP contribution in [-0.2, 0) is 16.1 Å². The summed E-state index contributed by atoms with van der Waals surface area (Å²) in [6, 6.07) is 46.9. The molecule has 1 heterocycles. The van der Waals surface area contributed by atoms with Crippen LogP contribution >= 0.6 is 0 Å². The normalized spacial score (nSPS) is 21.7. The van der Waals surface area contributed by atoms with Crippen molar-refractivity contribution in [2.75, 3.05) is 26.4 Å². The Kier molecular flexibility index (Phi) is 15.2. The third kappa shape index (κ3) is 9.88. The molecule has 10 nitrogen and oxygen atoms in total. The van der Waals surface area contributed by atoms with Crippen molar-refractivity contribution in [1.29, 1.82) is 5.26 Å². The highest BCUT2D eigenvalue weighted by molar-refractivity contribution is 6.03. The Morgan fingerprint density at radius 1 is 0.857 bits per heavy atom. The largest absolute Gasteiger partial charge is 0.459 e. The van der Waals surface area contributed by atoms with Crippen molar-refractivity contribution in [3.05, 3.63) is 186 Å². The number of aliphatic hydroxyl groups is 2. The van der Waals surface area contributed by atoms with Gasteiger partial charge in [0.2, 0.25) is 5.79 Å². The van der Waals surface area contributed by atoms with Gasteiger partial charge in [-0.3, -0.25) is 4.79 Å². The van der Waals surface area contributed by atoms with Crippen LogP contribution in [0.25, 0.3) is 21.9 Å². The van der Waals surface area contributed by atoms with Crippen molar-refractivity contribution in [1.82, 2.24) is 4.90 Å². The Labute approximate surface area is 411 Å². The Morgan fingerprint density at radius 2 is 1.57 bits per heavy atom. The summed E-state index contributed by atoms with van der Waals surface area (Å²) >= 11 is 0. The molecule has 9 rings (SSSR count). The second kappa shape index (κ2) is 22.2. The van der Waals surface area contributed by atoms with Gasteiger partial charge in [-0.15, -0.1) is 6.58 Å². The minimum absolute atomic E-state index is 0.0293. The van der Waals surface area contributed by atoms with Gasteiger partial charge in [-0.1, -0.05) is 115 Å². The van der Waals surface area contributed by atoms with Crippen LogP contribution in [0, 0.1) is 29.1 Å². The molecule has 358 valence electrons. The van der Waals surface area contributed by atoms with Crippen molar-refractivity contribution in [2.24, 2.45) is 22.9 Å². The molecular formula is C60H61N3O7. The van der Waals surface area contributed by atoms with Crippen molar-refractivity contribution in [3.63, 3.8) is 0 Å². The van der Waals surface area contributed by atoms with Gasteiger partial charge < -0.3 is 34.2 Å². The Hall–Kier alpha value is -7.03. The number of carbonyl (C=O) groups is 1. The highest BCUT2D eigenvalue weighted by Gasteiger charge is 2.65. The smallest absolute Gasteiger partial charge is 0.254 e. The topological polar surface area (TPSA) is 134 Å². The van der Waals surface area contributed by atoms with Crippen LogP contribution in [0.2, 0.25) is 0 Å². The van der Waals surface area contributed by atoms with Gasteiger partial charge in [0.05, 0.1) is 29.9 Å². The van der Waals surface area contributed by atoms with Crippen molar-refractivity contribution >= 4 is 22.4 Å². The minimum Gasteiger partial charge on any atom is -0.459 e. The lowest BCUT2D eigenvalue weighted by Crippen LogP contribution is -2.70. The third-order valence-electron chi connectivity index (χ3n) is 14.3. The first-order valence-corrected chi connectivity index (χ1v) is 24.7. The summed E-state index contributed by atoms with van der Waals surface area (Å²) in [4.78, 5) is 23.5. The molecule has 0 bridgehead atoms. The number of allylic oxidation sites excluding steroid dienone is 1. The summed E-state index contributed by atoms with van der Waals surface area (Å²) in [5, 5.41) is 36.8. The zero-order valence-electron chi connectivity index (χ0n) is 39.8. The summed E-state index contributed by atoms with van der Waals surface area (Å²) in [5.74, 6) is -0.401. The number of nitriles is 1. The molecule has 0 saturated heterocycles. The average Bonchev–Trinajstić information content (AvgIpc) is 3.40. The summed E-state index contributed by atoms with van der Waals surface area (Å²) < 4.78 is 21.5. The molecule has 10 heteroatoms. The lowest BCUT2D eigenvalue weighted by Gasteiger charge is -2.60. The summed E-state index contributed by atoms with van der Waals surface area (Å²) in [6.07, 6.45) is 8.87. The molecule has 1 amide bonds. The number of fused-ring (bicyclic) bond motifs is 3. The molecule has 6 aromatic rings. The van der Waals surface area contributed by atoms with E-state index < -0.39 is 17.7 Å². The minimum atomic E-state index is -1.48. The van der Waals surface area contributed by atoms with E-state index in [0.717, 1.165) is 64.3 Å². The number of nitrogens with zero attached hydrogens (tertiary/aromatic N) is 3. The molecule has 70 heavy (non-hydrogen) atoms. The van der Waals surface area contributed by atoms with Gasteiger partial charge in [-0.25, -0.2) is 0 Å². The van der Waals surface area contributed by atoms with Gasteiger partial charge in [0, 0.05) is 43.2 Å². The Bertz CT molecular complexity index is 2870. The van der Waals surface area contributed by atoms with Crippen LogP contribution in [0.3, 0.4) is 0 Å². The van der Waals surface area contributed by atoms with Gasteiger partial charge in [-0.05, 0) is 132 Å². The maximum atomic E-state index is 15.6. The number of hydrogen-bond acceptors (Lipinski definition) is 9. The van der Waals surface area contributed by atoms with Crippen LogP contribution in [0.5, 0.6) is 17.2 Å². The molecule has 6 aromatic carbocycles. The van der Waals surface area contributed by atoms with Crippen molar-refractivity contribution in [3.8, 4) is 34.4 Å². The van der Waals surface area contributed by atoms with E-state index in [4.69, 9.17) is 24.2 Å². The number of amides is 1. The molecule has 1 aliphatic heterocycles. The van der Waals surface area contributed by atoms with E-state index in [1.54, 1.807) is 30.3 Å². The van der Waals surface area contributed by atoms with E-state index in [-0.39, 0.29) is 56.4 Å². The number of rotatable bonds is 20. The summed E-state index contributed by atoms with van der Waals surface area (Å²) in [6.45, 7) is 6.88. The van der Waals surface area contributed by atoms with Crippen LogP contribution < -0.4 is 9.47 Å². The lowest BCUT2D eigenvalue weighted by molar-refractivity contribution is -0.255. The van der Waals surface area contributed by atoms with Gasteiger partial charge in [0.15, 0.2) is 0 Å². The number of ether oxygens (including phenoxy) is 3. The highest BCUT2D eigenvalue weighted by Crippen LogP contribution is 2.62. The fraction of sp³-hybridized carbons (Fsp3) is 0.317. The van der Waals surface area contributed by atoms with Gasteiger partial charge in [0.25, 0.3) is 5.91 Å². The molecule has 0 radical (unpaired) electrons. The Balaban J connectivity index is 1.24. The first kappa shape index (κ1) is 48.0. The SMILES string of the molecule is C=CCO[C@@]12Oc3ccc(Oc4ccc(-c5ccccc5)cc4)cc3[C@H]3[C@H](CCCCO)[C@@H](CCCCO)C=C(C(=NOCC)C[C@@H]1N(Cc1cccc4ccccc14)C(=O)c1ccc(C#N)cc1)[C@H]32. The number of oxime groups is 1. The molecule has 1 fully saturated rings. The second-order valence-electron chi connectivity index (χ2n) is 18.4. The predicted octanol–water partition coefficient (Wildman–Crippen LogP) is 12.2. The first-order valence-electron chi connectivity index (χ1n) is 24.7. The molecule has 0 spiro atoms. The molecule has 3 aliphatic rings. The molecule has 2 N–H and O–H groups in total. The number of carbonyl (C=O) groups excluding carboxylic acids is 1. The first-order chi connectivity index (χ1) is 34.4. The van der Waals surface area contributed by atoms with Crippen LogP contribution in [0.15, 0.2) is 169 Å². The molecule has 0 unspecified atom stereocenters. The second-order valence-corrected chi connectivity index (χ2v) is 18.4. The average molecular weight is 936 g/mol. The fourth-order valence-corrected chi connectivity index (χ4v) is 11.1. The zero-order chi connectivity index (χ0) is 48.5.